The molecule has 2 atom stereocenters. The van der Waals surface area contributed by atoms with Crippen molar-refractivity contribution in [1.82, 2.24) is 20.0 Å². The number of aliphatic imine (C=N–C) groups is 1. The lowest BCUT2D eigenvalue weighted by Gasteiger charge is -2.29. The van der Waals surface area contributed by atoms with Gasteiger partial charge in [-0.2, -0.15) is 0 Å². The number of nitrogens with one attached hydrogen (secondary N) is 1. The van der Waals surface area contributed by atoms with Gasteiger partial charge in [0.05, 0.1) is 19.8 Å². The van der Waals surface area contributed by atoms with Crippen LogP contribution in [0.3, 0.4) is 0 Å². The van der Waals surface area contributed by atoms with Gasteiger partial charge in [-0.25, -0.2) is 0 Å². The molecule has 0 aromatic heterocycles. The highest BCUT2D eigenvalue weighted by Gasteiger charge is 2.27. The van der Waals surface area contributed by atoms with E-state index in [1.807, 2.05) is 0 Å². The largest absolute Gasteiger partial charge is 0.379 e. The number of nitrogens with zero attached hydrogens (tertiary/aromatic N) is 4. The molecule has 2 aliphatic rings. The number of benzene rings is 1. The van der Waals surface area contributed by atoms with Gasteiger partial charge in [0, 0.05) is 51.9 Å². The Balaban J connectivity index is 1.49. The molecule has 0 saturated carbocycles. The van der Waals surface area contributed by atoms with Crippen LogP contribution in [0.5, 0.6) is 0 Å². The van der Waals surface area contributed by atoms with E-state index in [1.165, 1.54) is 18.5 Å². The van der Waals surface area contributed by atoms with Gasteiger partial charge >= 0.3 is 0 Å². The van der Waals surface area contributed by atoms with Gasteiger partial charge in [-0.15, -0.1) is 0 Å². The number of rotatable bonds is 8. The van der Waals surface area contributed by atoms with Crippen molar-refractivity contribution < 1.29 is 4.74 Å². The molecular weight excluding hydrogens is 362 g/mol. The molecule has 0 spiro atoms. The molecule has 0 amide bonds. The summed E-state index contributed by atoms with van der Waals surface area (Å²) in [6.07, 6.45) is 1.26. The molecule has 2 unspecified atom stereocenters. The summed E-state index contributed by atoms with van der Waals surface area (Å²) in [5.74, 6) is 1.81. The SMILES string of the molecule is CCNC(=NCC(C)N(C)Cc1ccccc1)N1CCC(CN2CCOCC2)C1. The Morgan fingerprint density at radius 1 is 1.24 bits per heavy atom. The maximum atomic E-state index is 5.48. The van der Waals surface area contributed by atoms with Crippen molar-refractivity contribution in [2.45, 2.75) is 32.9 Å². The summed E-state index contributed by atoms with van der Waals surface area (Å²) >= 11 is 0. The van der Waals surface area contributed by atoms with E-state index in [0.717, 1.165) is 70.9 Å². The molecule has 0 bridgehead atoms. The molecule has 162 valence electrons. The fourth-order valence-electron chi connectivity index (χ4n) is 4.13. The second kappa shape index (κ2) is 11.5. The summed E-state index contributed by atoms with van der Waals surface area (Å²) in [4.78, 5) is 12.4. The average Bonchev–Trinajstić information content (AvgIpc) is 3.20. The number of likely N-dealkylation sites (tertiary alicyclic amines) is 1. The zero-order valence-corrected chi connectivity index (χ0v) is 18.5. The third-order valence-corrected chi connectivity index (χ3v) is 6.07. The molecule has 2 heterocycles. The lowest BCUT2D eigenvalue weighted by Crippen LogP contribution is -2.43. The van der Waals surface area contributed by atoms with Crippen LogP contribution in [0.2, 0.25) is 0 Å². The molecule has 0 radical (unpaired) electrons. The summed E-state index contributed by atoms with van der Waals surface area (Å²) in [6, 6.07) is 11.1. The molecule has 1 aromatic rings. The van der Waals surface area contributed by atoms with Crippen molar-refractivity contribution in [3.63, 3.8) is 0 Å². The first-order valence-electron chi connectivity index (χ1n) is 11.2. The maximum Gasteiger partial charge on any atom is 0.193 e. The normalized spacial score (nSPS) is 22.3. The van der Waals surface area contributed by atoms with Crippen LogP contribution in [0, 0.1) is 5.92 Å². The van der Waals surface area contributed by atoms with Gasteiger partial charge < -0.3 is 15.0 Å². The molecule has 2 aliphatic heterocycles. The molecule has 2 saturated heterocycles. The minimum Gasteiger partial charge on any atom is -0.379 e. The van der Waals surface area contributed by atoms with Crippen molar-refractivity contribution >= 4 is 5.96 Å². The first-order valence-corrected chi connectivity index (χ1v) is 11.2. The number of likely N-dealkylation sites (N-methyl/N-ethyl adjacent to an activating group) is 1. The minimum absolute atomic E-state index is 0.399. The molecule has 1 aromatic carbocycles. The van der Waals surface area contributed by atoms with Crippen LogP contribution < -0.4 is 5.32 Å². The van der Waals surface area contributed by atoms with Crippen molar-refractivity contribution in [1.29, 1.82) is 0 Å². The van der Waals surface area contributed by atoms with E-state index in [2.05, 4.69) is 71.2 Å². The van der Waals surface area contributed by atoms with E-state index in [1.54, 1.807) is 0 Å². The first kappa shape index (κ1) is 22.1. The zero-order valence-electron chi connectivity index (χ0n) is 18.5. The standard InChI is InChI=1S/C23H39N5O/c1-4-24-23(25-16-20(2)26(3)17-21-8-6-5-7-9-21)28-11-10-22(19-28)18-27-12-14-29-15-13-27/h5-9,20,22H,4,10-19H2,1-3H3,(H,24,25). The lowest BCUT2D eigenvalue weighted by molar-refractivity contribution is 0.0315. The smallest absolute Gasteiger partial charge is 0.193 e. The van der Waals surface area contributed by atoms with Crippen LogP contribution in [0.1, 0.15) is 25.8 Å². The Morgan fingerprint density at radius 3 is 2.72 bits per heavy atom. The van der Waals surface area contributed by atoms with Gasteiger partial charge in [-0.3, -0.25) is 14.8 Å². The van der Waals surface area contributed by atoms with Gasteiger partial charge in [0.25, 0.3) is 0 Å². The molecule has 6 nitrogen and oxygen atoms in total. The monoisotopic (exact) mass is 401 g/mol. The fourth-order valence-corrected chi connectivity index (χ4v) is 4.13. The first-order chi connectivity index (χ1) is 14.2. The van der Waals surface area contributed by atoms with Crippen molar-refractivity contribution in [3.05, 3.63) is 35.9 Å². The third kappa shape index (κ3) is 6.98. The van der Waals surface area contributed by atoms with Gasteiger partial charge in [0.1, 0.15) is 0 Å². The van der Waals surface area contributed by atoms with Gasteiger partial charge in [0.15, 0.2) is 5.96 Å². The van der Waals surface area contributed by atoms with Crippen LogP contribution >= 0.6 is 0 Å². The summed E-state index contributed by atoms with van der Waals surface area (Å²) in [7, 11) is 2.19. The lowest BCUT2D eigenvalue weighted by atomic mass is 10.1. The number of ether oxygens (including phenoxy) is 1. The second-order valence-corrected chi connectivity index (χ2v) is 8.46. The molecular formula is C23H39N5O. The molecule has 2 fully saturated rings. The maximum absolute atomic E-state index is 5.48. The van der Waals surface area contributed by atoms with E-state index in [-0.39, 0.29) is 0 Å². The highest BCUT2D eigenvalue weighted by atomic mass is 16.5. The third-order valence-electron chi connectivity index (χ3n) is 6.07. The van der Waals surface area contributed by atoms with Crippen LogP contribution in [0.4, 0.5) is 0 Å². The average molecular weight is 402 g/mol. The van der Waals surface area contributed by atoms with E-state index in [4.69, 9.17) is 9.73 Å². The Morgan fingerprint density at radius 2 is 2.00 bits per heavy atom. The quantitative estimate of drug-likeness (QED) is 0.534. The Labute approximate surface area is 176 Å². The van der Waals surface area contributed by atoms with Crippen LogP contribution in [-0.2, 0) is 11.3 Å². The van der Waals surface area contributed by atoms with E-state index < -0.39 is 0 Å². The topological polar surface area (TPSA) is 43.3 Å². The molecule has 0 aliphatic carbocycles. The molecule has 29 heavy (non-hydrogen) atoms. The van der Waals surface area contributed by atoms with Crippen LogP contribution in [0.25, 0.3) is 0 Å². The van der Waals surface area contributed by atoms with E-state index in [0.29, 0.717) is 6.04 Å². The van der Waals surface area contributed by atoms with Crippen molar-refractivity contribution in [3.8, 4) is 0 Å². The number of guanidine groups is 1. The number of hydrogen-bond donors (Lipinski definition) is 1. The summed E-state index contributed by atoms with van der Waals surface area (Å²) in [5.41, 5.74) is 1.35. The second-order valence-electron chi connectivity index (χ2n) is 8.46. The predicted molar refractivity (Wildman–Crippen MR) is 120 cm³/mol. The van der Waals surface area contributed by atoms with E-state index in [9.17, 15) is 0 Å². The minimum atomic E-state index is 0.399. The van der Waals surface area contributed by atoms with Gasteiger partial charge in [-0.05, 0) is 38.8 Å². The Bertz CT molecular complexity index is 617. The zero-order chi connectivity index (χ0) is 20.5. The molecule has 3 rings (SSSR count). The Kier molecular flexibility index (Phi) is 8.77. The highest BCUT2D eigenvalue weighted by Crippen LogP contribution is 2.18. The Hall–Kier alpha value is -1.63. The summed E-state index contributed by atoms with van der Waals surface area (Å²) < 4.78 is 5.48. The van der Waals surface area contributed by atoms with Gasteiger partial charge in [0.2, 0.25) is 0 Å². The number of morpholine rings is 1. The summed E-state index contributed by atoms with van der Waals surface area (Å²) in [6.45, 7) is 14.4. The fraction of sp³-hybridized carbons (Fsp3) is 0.696. The summed E-state index contributed by atoms with van der Waals surface area (Å²) in [5, 5.41) is 3.52. The van der Waals surface area contributed by atoms with E-state index >= 15 is 0 Å². The van der Waals surface area contributed by atoms with Crippen molar-refractivity contribution in [2.24, 2.45) is 10.9 Å². The highest BCUT2D eigenvalue weighted by molar-refractivity contribution is 5.80. The predicted octanol–water partition coefficient (Wildman–Crippen LogP) is 2.13. The van der Waals surface area contributed by atoms with Crippen molar-refractivity contribution in [2.75, 3.05) is 66.1 Å². The molecule has 1 N–H and O–H groups in total. The van der Waals surface area contributed by atoms with Crippen LogP contribution in [0.15, 0.2) is 35.3 Å². The van der Waals surface area contributed by atoms with Gasteiger partial charge in [-0.1, -0.05) is 30.3 Å². The number of hydrogen-bond acceptors (Lipinski definition) is 4. The van der Waals surface area contributed by atoms with Crippen LogP contribution in [-0.4, -0.2) is 92.8 Å². The molecule has 6 heteroatoms.